The van der Waals surface area contributed by atoms with Gasteiger partial charge in [0.15, 0.2) is 0 Å². The molecule has 134 valence electrons. The summed E-state index contributed by atoms with van der Waals surface area (Å²) in [6.07, 6.45) is 5.39. The van der Waals surface area contributed by atoms with Crippen molar-refractivity contribution in [2.75, 3.05) is 0 Å². The highest BCUT2D eigenvalue weighted by Crippen LogP contribution is 2.59. The fourth-order valence-corrected chi connectivity index (χ4v) is 5.62. The van der Waals surface area contributed by atoms with E-state index in [9.17, 15) is 9.59 Å². The Morgan fingerprint density at radius 2 is 2.04 bits per heavy atom. The van der Waals surface area contributed by atoms with Crippen LogP contribution in [0, 0.1) is 17.3 Å². The Bertz CT molecular complexity index is 735. The molecular formula is C19H23NO3S2. The van der Waals surface area contributed by atoms with Gasteiger partial charge < -0.3 is 4.74 Å². The van der Waals surface area contributed by atoms with E-state index < -0.39 is 6.09 Å². The van der Waals surface area contributed by atoms with E-state index in [0.29, 0.717) is 29.3 Å². The molecule has 0 aromatic heterocycles. The van der Waals surface area contributed by atoms with Gasteiger partial charge in [-0.2, -0.15) is 3.71 Å². The molecule has 4 nitrogen and oxygen atoms in total. The molecule has 0 bridgehead atoms. The minimum Gasteiger partial charge on any atom is -0.409 e. The summed E-state index contributed by atoms with van der Waals surface area (Å²) >= 11 is 7.66. The summed E-state index contributed by atoms with van der Waals surface area (Å²) in [5.74, 6) is 2.69. The highest BCUT2D eigenvalue weighted by Gasteiger charge is 2.54. The second-order valence-electron chi connectivity index (χ2n) is 7.85. The predicted molar refractivity (Wildman–Crippen MR) is 102 cm³/mol. The molecule has 1 amide bonds. The molecule has 1 aromatic rings. The molecule has 2 saturated carbocycles. The van der Waals surface area contributed by atoms with Crippen LogP contribution >= 0.6 is 25.6 Å². The SMILES string of the molecule is C[C@]12CC[C@@H]3c4ccc(OC(=O)N(S)S)cc4CC[C@H]3[C@@H]1CCC2=O. The highest BCUT2D eigenvalue weighted by molar-refractivity contribution is 7.94. The normalized spacial score (nSPS) is 33.2. The summed E-state index contributed by atoms with van der Waals surface area (Å²) in [5, 5.41) is 0. The zero-order valence-electron chi connectivity index (χ0n) is 14.3. The number of rotatable bonds is 1. The van der Waals surface area contributed by atoms with Crippen molar-refractivity contribution in [2.45, 2.75) is 51.4 Å². The maximum atomic E-state index is 12.4. The molecule has 0 radical (unpaired) electrons. The molecule has 4 atom stereocenters. The second kappa shape index (κ2) is 6.23. The number of benzene rings is 1. The van der Waals surface area contributed by atoms with Crippen LogP contribution in [0.25, 0.3) is 0 Å². The minimum absolute atomic E-state index is 0.0866. The lowest BCUT2D eigenvalue weighted by atomic mass is 9.55. The molecule has 0 aliphatic heterocycles. The predicted octanol–water partition coefficient (Wildman–Crippen LogP) is 4.60. The first kappa shape index (κ1) is 17.3. The standard InChI is InChI=1S/C19H23NO3S2/c1-19-9-8-14-13-5-3-12(23-18(22)20(24)25)10-11(13)2-4-15(14)16(19)6-7-17(19)21/h3,5,10,14-16,24-25H,2,4,6-9H2,1H3/t14-,15-,16+,19+/m1/s1. The number of hydrogen-bond acceptors (Lipinski definition) is 5. The van der Waals surface area contributed by atoms with Crippen molar-refractivity contribution in [1.82, 2.24) is 3.71 Å². The van der Waals surface area contributed by atoms with E-state index in [1.54, 1.807) is 0 Å². The molecule has 0 spiro atoms. The molecule has 6 heteroatoms. The summed E-state index contributed by atoms with van der Waals surface area (Å²) < 4.78 is 6.09. The van der Waals surface area contributed by atoms with Gasteiger partial charge >= 0.3 is 6.09 Å². The summed E-state index contributed by atoms with van der Waals surface area (Å²) in [6, 6.07) is 5.94. The third-order valence-electron chi connectivity index (χ3n) is 6.78. The highest BCUT2D eigenvalue weighted by atomic mass is 32.2. The number of Topliss-reactive ketones (excluding diaryl/α,β-unsaturated/α-hetero) is 1. The number of ketones is 1. The lowest BCUT2D eigenvalue weighted by molar-refractivity contribution is -0.129. The maximum Gasteiger partial charge on any atom is 0.435 e. The summed E-state index contributed by atoms with van der Waals surface area (Å²) in [7, 11) is 0. The van der Waals surface area contributed by atoms with Crippen molar-refractivity contribution >= 4 is 37.5 Å². The number of hydrogen-bond donors (Lipinski definition) is 2. The molecule has 2 fully saturated rings. The van der Waals surface area contributed by atoms with Gasteiger partial charge in [0.2, 0.25) is 0 Å². The van der Waals surface area contributed by atoms with Crippen molar-refractivity contribution in [3.63, 3.8) is 0 Å². The molecule has 4 rings (SSSR count). The average Bonchev–Trinajstić information content (AvgIpc) is 2.89. The summed E-state index contributed by atoms with van der Waals surface area (Å²) in [4.78, 5) is 24.0. The van der Waals surface area contributed by atoms with Crippen molar-refractivity contribution in [3.05, 3.63) is 29.3 Å². The van der Waals surface area contributed by atoms with Gasteiger partial charge in [0, 0.05) is 11.8 Å². The van der Waals surface area contributed by atoms with Gasteiger partial charge in [0.05, 0.1) is 0 Å². The van der Waals surface area contributed by atoms with Crippen LogP contribution in [-0.2, 0) is 11.2 Å². The van der Waals surface area contributed by atoms with E-state index in [1.165, 1.54) is 11.1 Å². The van der Waals surface area contributed by atoms with E-state index in [2.05, 4.69) is 38.6 Å². The first-order valence-corrected chi connectivity index (χ1v) is 9.76. The average molecular weight is 378 g/mol. The molecule has 0 saturated heterocycles. The van der Waals surface area contributed by atoms with Crippen molar-refractivity contribution in [2.24, 2.45) is 17.3 Å². The van der Waals surface area contributed by atoms with Crippen LogP contribution in [0.5, 0.6) is 5.75 Å². The monoisotopic (exact) mass is 377 g/mol. The molecular weight excluding hydrogens is 354 g/mol. The Hall–Kier alpha value is -1.14. The molecule has 3 aliphatic rings. The number of carbonyl (C=O) groups excluding carboxylic acids is 2. The lowest BCUT2D eigenvalue weighted by Crippen LogP contribution is -2.42. The van der Waals surface area contributed by atoms with Crippen LogP contribution < -0.4 is 4.74 Å². The number of amides is 1. The number of carbonyl (C=O) groups is 2. The van der Waals surface area contributed by atoms with Crippen LogP contribution in [0.1, 0.15) is 56.1 Å². The van der Waals surface area contributed by atoms with Gasteiger partial charge in [-0.25, -0.2) is 4.79 Å². The smallest absolute Gasteiger partial charge is 0.409 e. The molecule has 0 N–H and O–H groups in total. The van der Waals surface area contributed by atoms with Crippen molar-refractivity contribution in [1.29, 1.82) is 0 Å². The number of fused-ring (bicyclic) bond motifs is 5. The Labute approximate surface area is 159 Å². The van der Waals surface area contributed by atoms with Gasteiger partial charge in [-0.05, 0) is 98.7 Å². The van der Waals surface area contributed by atoms with Gasteiger partial charge in [0.1, 0.15) is 11.5 Å². The van der Waals surface area contributed by atoms with E-state index in [1.807, 2.05) is 12.1 Å². The van der Waals surface area contributed by atoms with Crippen LogP contribution in [-0.4, -0.2) is 15.6 Å². The lowest BCUT2D eigenvalue weighted by Gasteiger charge is -2.48. The molecule has 0 unspecified atom stereocenters. The zero-order chi connectivity index (χ0) is 17.8. The largest absolute Gasteiger partial charge is 0.435 e. The maximum absolute atomic E-state index is 12.4. The Morgan fingerprint density at radius 1 is 1.24 bits per heavy atom. The molecule has 25 heavy (non-hydrogen) atoms. The van der Waals surface area contributed by atoms with Crippen LogP contribution in [0.3, 0.4) is 0 Å². The number of thiol groups is 2. The minimum atomic E-state index is -0.613. The van der Waals surface area contributed by atoms with Gasteiger partial charge in [-0.1, -0.05) is 13.0 Å². The van der Waals surface area contributed by atoms with Crippen molar-refractivity contribution in [3.8, 4) is 5.75 Å². The summed E-state index contributed by atoms with van der Waals surface area (Å²) in [5.41, 5.74) is 2.56. The van der Waals surface area contributed by atoms with Crippen LogP contribution in [0.15, 0.2) is 18.2 Å². The molecule has 1 aromatic carbocycles. The van der Waals surface area contributed by atoms with Gasteiger partial charge in [-0.3, -0.25) is 4.79 Å². The number of nitrogens with zero attached hydrogens (tertiary/aromatic N) is 1. The summed E-state index contributed by atoms with van der Waals surface area (Å²) in [6.45, 7) is 2.20. The topological polar surface area (TPSA) is 46.6 Å². The van der Waals surface area contributed by atoms with Crippen LogP contribution in [0.2, 0.25) is 0 Å². The Morgan fingerprint density at radius 3 is 2.80 bits per heavy atom. The second-order valence-corrected chi connectivity index (χ2v) is 8.97. The third kappa shape index (κ3) is 2.78. The van der Waals surface area contributed by atoms with Gasteiger partial charge in [-0.15, -0.1) is 0 Å². The molecule has 3 aliphatic carbocycles. The van der Waals surface area contributed by atoms with Gasteiger partial charge in [0.25, 0.3) is 0 Å². The first-order valence-electron chi connectivity index (χ1n) is 8.96. The van der Waals surface area contributed by atoms with Crippen LogP contribution in [0.4, 0.5) is 4.79 Å². The van der Waals surface area contributed by atoms with E-state index in [0.717, 1.165) is 42.2 Å². The first-order chi connectivity index (χ1) is 11.9. The molecule has 0 heterocycles. The third-order valence-corrected chi connectivity index (χ3v) is 7.10. The fourth-order valence-electron chi connectivity index (χ4n) is 5.53. The Balaban J connectivity index is 1.59. The van der Waals surface area contributed by atoms with E-state index >= 15 is 0 Å². The fraction of sp³-hybridized carbons (Fsp3) is 0.579. The Kier molecular flexibility index (Phi) is 4.31. The van der Waals surface area contributed by atoms with E-state index in [4.69, 9.17) is 4.74 Å². The number of aryl methyl sites for hydroxylation is 1. The quantitative estimate of drug-likeness (QED) is 0.703. The zero-order valence-corrected chi connectivity index (χ0v) is 16.1. The number of ether oxygens (including phenoxy) is 1. The van der Waals surface area contributed by atoms with Crippen molar-refractivity contribution < 1.29 is 14.3 Å². The van der Waals surface area contributed by atoms with E-state index in [-0.39, 0.29) is 5.41 Å².